The molecule has 0 saturated carbocycles. The summed E-state index contributed by atoms with van der Waals surface area (Å²) in [5.74, 6) is -1.29. The molecule has 1 N–H and O–H groups in total. The van der Waals surface area contributed by atoms with E-state index in [-0.39, 0.29) is 23.3 Å². The van der Waals surface area contributed by atoms with Gasteiger partial charge in [-0.2, -0.15) is 0 Å². The monoisotopic (exact) mass is 322 g/mol. The van der Waals surface area contributed by atoms with Crippen LogP contribution in [0.4, 0.5) is 0 Å². The second-order valence-electron chi connectivity index (χ2n) is 6.28. The zero-order valence-electron chi connectivity index (χ0n) is 13.8. The third-order valence-electron chi connectivity index (χ3n) is 3.66. The lowest BCUT2D eigenvalue weighted by atomic mass is 10.0. The highest BCUT2D eigenvalue weighted by Crippen LogP contribution is 2.22. The molecular weight excluding hydrogens is 300 g/mol. The molecule has 1 aliphatic rings. The summed E-state index contributed by atoms with van der Waals surface area (Å²) in [5, 5.41) is 9.04. The van der Waals surface area contributed by atoms with Gasteiger partial charge in [0.2, 0.25) is 0 Å². The van der Waals surface area contributed by atoms with Gasteiger partial charge in [0.05, 0.1) is 29.6 Å². The number of hydrogen-bond acceptors (Lipinski definition) is 5. The van der Waals surface area contributed by atoms with E-state index in [2.05, 4.69) is 4.98 Å². The minimum atomic E-state index is -1.05. The van der Waals surface area contributed by atoms with Crippen molar-refractivity contribution < 1.29 is 24.2 Å². The molecule has 23 heavy (non-hydrogen) atoms. The van der Waals surface area contributed by atoms with E-state index in [0.717, 1.165) is 0 Å². The summed E-state index contributed by atoms with van der Waals surface area (Å²) in [6.45, 7) is 6.67. The summed E-state index contributed by atoms with van der Waals surface area (Å²) in [7, 11) is 1.59. The van der Waals surface area contributed by atoms with Crippen molar-refractivity contribution in [3.63, 3.8) is 0 Å². The van der Waals surface area contributed by atoms with Crippen molar-refractivity contribution in [2.45, 2.75) is 32.5 Å². The van der Waals surface area contributed by atoms with Gasteiger partial charge in [-0.05, 0) is 32.9 Å². The van der Waals surface area contributed by atoms with Crippen molar-refractivity contribution in [2.24, 2.45) is 0 Å². The van der Waals surface area contributed by atoms with E-state index >= 15 is 0 Å². The first-order chi connectivity index (χ1) is 10.7. The summed E-state index contributed by atoms with van der Waals surface area (Å²) in [4.78, 5) is 29.5. The Morgan fingerprint density at radius 3 is 2.74 bits per heavy atom. The van der Waals surface area contributed by atoms with Gasteiger partial charge in [0, 0.05) is 20.2 Å². The predicted molar refractivity (Wildman–Crippen MR) is 82.7 cm³/mol. The lowest BCUT2D eigenvalue weighted by Crippen LogP contribution is -2.55. The van der Waals surface area contributed by atoms with Gasteiger partial charge in [0.25, 0.3) is 5.91 Å². The van der Waals surface area contributed by atoms with E-state index in [9.17, 15) is 9.59 Å². The van der Waals surface area contributed by atoms with Gasteiger partial charge in [-0.15, -0.1) is 0 Å². The first kappa shape index (κ1) is 17.4. The van der Waals surface area contributed by atoms with Gasteiger partial charge in [0.15, 0.2) is 0 Å². The number of carboxylic acids is 1. The van der Waals surface area contributed by atoms with Crippen molar-refractivity contribution in [2.75, 3.05) is 26.8 Å². The summed E-state index contributed by atoms with van der Waals surface area (Å²) >= 11 is 0. The van der Waals surface area contributed by atoms with Crippen LogP contribution in [0.1, 0.15) is 40.4 Å². The van der Waals surface area contributed by atoms with E-state index < -0.39 is 11.6 Å². The number of morpholine rings is 1. The molecule has 2 heterocycles. The standard InChI is InChI=1S/C16H22N2O5/c1-10-12(15(20)21)5-6-13(17-10)14(19)18-7-11(8-22-4)23-16(2,3)9-18/h5-6,11H,7-9H2,1-4H3,(H,20,21). The molecule has 1 atom stereocenters. The van der Waals surface area contributed by atoms with E-state index in [4.69, 9.17) is 14.6 Å². The van der Waals surface area contributed by atoms with Gasteiger partial charge in [0.1, 0.15) is 5.69 Å². The third-order valence-corrected chi connectivity index (χ3v) is 3.66. The van der Waals surface area contributed by atoms with Gasteiger partial charge < -0.3 is 19.5 Å². The Hall–Kier alpha value is -1.99. The summed E-state index contributed by atoms with van der Waals surface area (Å²) < 4.78 is 11.0. The molecule has 1 amide bonds. The molecule has 0 aromatic carbocycles. The van der Waals surface area contributed by atoms with Crippen LogP contribution in [0.5, 0.6) is 0 Å². The number of pyridine rings is 1. The fourth-order valence-corrected chi connectivity index (χ4v) is 2.79. The average molecular weight is 322 g/mol. The molecule has 1 unspecified atom stereocenters. The van der Waals surface area contributed by atoms with Crippen LogP contribution in [0, 0.1) is 6.92 Å². The van der Waals surface area contributed by atoms with Gasteiger partial charge in [-0.3, -0.25) is 4.79 Å². The van der Waals surface area contributed by atoms with Crippen LogP contribution in [0.25, 0.3) is 0 Å². The summed E-state index contributed by atoms with van der Waals surface area (Å²) in [6, 6.07) is 2.86. The second kappa shape index (κ2) is 6.64. The van der Waals surface area contributed by atoms with Crippen LogP contribution in [0.3, 0.4) is 0 Å². The maximum atomic E-state index is 12.7. The summed E-state index contributed by atoms with van der Waals surface area (Å²) in [6.07, 6.45) is -0.202. The molecule has 0 spiro atoms. The number of aryl methyl sites for hydroxylation is 1. The van der Waals surface area contributed by atoms with E-state index in [1.807, 2.05) is 13.8 Å². The third kappa shape index (κ3) is 4.05. The minimum absolute atomic E-state index is 0.0983. The Bertz CT molecular complexity index is 614. The van der Waals surface area contributed by atoms with Crippen molar-refractivity contribution in [1.82, 2.24) is 9.88 Å². The molecule has 7 nitrogen and oxygen atoms in total. The Kier molecular flexibility index (Phi) is 5.01. The first-order valence-electron chi connectivity index (χ1n) is 7.40. The van der Waals surface area contributed by atoms with Crippen LogP contribution >= 0.6 is 0 Å². The topological polar surface area (TPSA) is 89.0 Å². The SMILES string of the molecule is COCC1CN(C(=O)c2ccc(C(=O)O)c(C)n2)CC(C)(C)O1. The van der Waals surface area contributed by atoms with Crippen molar-refractivity contribution in [3.8, 4) is 0 Å². The van der Waals surface area contributed by atoms with Gasteiger partial charge in [-0.1, -0.05) is 0 Å². The molecule has 1 aliphatic heterocycles. The normalized spacial score (nSPS) is 20.3. The molecule has 1 fully saturated rings. The molecule has 0 aliphatic carbocycles. The molecule has 2 rings (SSSR count). The first-order valence-corrected chi connectivity index (χ1v) is 7.40. The fraction of sp³-hybridized carbons (Fsp3) is 0.562. The van der Waals surface area contributed by atoms with Gasteiger partial charge in [-0.25, -0.2) is 9.78 Å². The van der Waals surface area contributed by atoms with Crippen LogP contribution in [0.15, 0.2) is 12.1 Å². The van der Waals surface area contributed by atoms with E-state index in [1.165, 1.54) is 12.1 Å². The minimum Gasteiger partial charge on any atom is -0.478 e. The Morgan fingerprint density at radius 1 is 1.48 bits per heavy atom. The van der Waals surface area contributed by atoms with Crippen LogP contribution < -0.4 is 0 Å². The zero-order chi connectivity index (χ0) is 17.2. The second-order valence-corrected chi connectivity index (χ2v) is 6.28. The quantitative estimate of drug-likeness (QED) is 0.900. The number of carboxylic acid groups (broad SMARTS) is 1. The maximum absolute atomic E-state index is 12.7. The van der Waals surface area contributed by atoms with Gasteiger partial charge >= 0.3 is 5.97 Å². The Labute approximate surface area is 135 Å². The fourth-order valence-electron chi connectivity index (χ4n) is 2.79. The molecule has 1 aromatic heterocycles. The largest absolute Gasteiger partial charge is 0.478 e. The highest BCUT2D eigenvalue weighted by Gasteiger charge is 2.36. The van der Waals surface area contributed by atoms with Crippen LogP contribution in [-0.4, -0.2) is 65.4 Å². The number of rotatable bonds is 4. The number of methoxy groups -OCH3 is 1. The molecular formula is C16H22N2O5. The van der Waals surface area contributed by atoms with Crippen molar-refractivity contribution in [1.29, 1.82) is 0 Å². The lowest BCUT2D eigenvalue weighted by Gasteiger charge is -2.42. The predicted octanol–water partition coefficient (Wildman–Crippen LogP) is 1.35. The maximum Gasteiger partial charge on any atom is 0.337 e. The van der Waals surface area contributed by atoms with Crippen molar-refractivity contribution >= 4 is 11.9 Å². The van der Waals surface area contributed by atoms with E-state index in [0.29, 0.717) is 25.4 Å². The number of ether oxygens (including phenoxy) is 2. The Balaban J connectivity index is 2.21. The number of hydrogen-bond donors (Lipinski definition) is 1. The molecule has 0 bridgehead atoms. The summed E-state index contributed by atoms with van der Waals surface area (Å²) in [5.41, 5.74) is 0.180. The number of carbonyl (C=O) groups excluding carboxylic acids is 1. The highest BCUT2D eigenvalue weighted by molar-refractivity contribution is 5.94. The lowest BCUT2D eigenvalue weighted by molar-refractivity contribution is -0.143. The molecule has 1 saturated heterocycles. The van der Waals surface area contributed by atoms with Crippen LogP contribution in [0.2, 0.25) is 0 Å². The average Bonchev–Trinajstić information content (AvgIpc) is 2.44. The van der Waals surface area contributed by atoms with Crippen LogP contribution in [-0.2, 0) is 9.47 Å². The number of aromatic nitrogens is 1. The molecule has 7 heteroatoms. The number of carbonyl (C=O) groups is 2. The smallest absolute Gasteiger partial charge is 0.337 e. The van der Waals surface area contributed by atoms with Crippen molar-refractivity contribution in [3.05, 3.63) is 29.1 Å². The number of nitrogens with zero attached hydrogens (tertiary/aromatic N) is 2. The number of aromatic carboxylic acids is 1. The highest BCUT2D eigenvalue weighted by atomic mass is 16.5. The van der Waals surface area contributed by atoms with E-state index in [1.54, 1.807) is 18.9 Å². The zero-order valence-corrected chi connectivity index (χ0v) is 13.8. The molecule has 0 radical (unpaired) electrons. The Morgan fingerprint density at radius 2 is 2.17 bits per heavy atom. The molecule has 126 valence electrons. The molecule has 1 aromatic rings. The number of amides is 1.